The second kappa shape index (κ2) is 8.37. The topological polar surface area (TPSA) is 54.5 Å². The van der Waals surface area contributed by atoms with Crippen LogP contribution in [-0.4, -0.2) is 25.2 Å². The van der Waals surface area contributed by atoms with Gasteiger partial charge in [-0.3, -0.25) is 4.79 Å². The van der Waals surface area contributed by atoms with Crippen LogP contribution in [0.15, 0.2) is 70.0 Å². The molecule has 3 aromatic carbocycles. The maximum atomic E-state index is 14.1. The Morgan fingerprint density at radius 2 is 1.74 bits per heavy atom. The summed E-state index contributed by atoms with van der Waals surface area (Å²) in [6, 6.07) is 15.7. The first-order valence-corrected chi connectivity index (χ1v) is 12.1. The molecule has 1 aliphatic heterocycles. The van der Waals surface area contributed by atoms with Crippen molar-refractivity contribution in [1.29, 1.82) is 0 Å². The smallest absolute Gasteiger partial charge is 0.266 e. The summed E-state index contributed by atoms with van der Waals surface area (Å²) >= 11 is 9.79. The van der Waals surface area contributed by atoms with Crippen LogP contribution in [0.3, 0.4) is 0 Å². The van der Waals surface area contributed by atoms with E-state index in [4.69, 9.17) is 11.6 Å². The Labute approximate surface area is 193 Å². The van der Waals surface area contributed by atoms with Crippen molar-refractivity contribution < 1.29 is 17.6 Å². The lowest BCUT2D eigenvalue weighted by molar-refractivity contribution is -0.125. The lowest BCUT2D eigenvalue weighted by Gasteiger charge is -2.26. The van der Waals surface area contributed by atoms with Crippen molar-refractivity contribution in [2.75, 3.05) is 6.54 Å². The summed E-state index contributed by atoms with van der Waals surface area (Å²) in [4.78, 5) is 13.2. The van der Waals surface area contributed by atoms with Gasteiger partial charge in [0.25, 0.3) is 10.0 Å². The van der Waals surface area contributed by atoms with E-state index in [1.165, 1.54) is 30.3 Å². The van der Waals surface area contributed by atoms with Crippen molar-refractivity contribution in [2.45, 2.75) is 24.2 Å². The third-order valence-electron chi connectivity index (χ3n) is 5.39. The maximum absolute atomic E-state index is 14.1. The molecule has 31 heavy (non-hydrogen) atoms. The average molecular weight is 523 g/mol. The Hall–Kier alpha value is -2.22. The van der Waals surface area contributed by atoms with Crippen LogP contribution >= 0.6 is 27.5 Å². The zero-order valence-corrected chi connectivity index (χ0v) is 19.6. The number of halogens is 3. The van der Waals surface area contributed by atoms with E-state index in [0.717, 1.165) is 19.9 Å². The van der Waals surface area contributed by atoms with Crippen LogP contribution in [0.4, 0.5) is 4.39 Å². The molecule has 1 aliphatic rings. The largest absolute Gasteiger partial charge is 0.273 e. The van der Waals surface area contributed by atoms with Crippen LogP contribution in [0.2, 0.25) is 5.02 Å². The number of rotatable bonds is 3. The summed E-state index contributed by atoms with van der Waals surface area (Å²) in [5.74, 6) is -1.64. The fourth-order valence-corrected chi connectivity index (χ4v) is 5.87. The van der Waals surface area contributed by atoms with Crippen molar-refractivity contribution in [2.24, 2.45) is 0 Å². The molecule has 8 heteroatoms. The first-order valence-electron chi connectivity index (χ1n) is 9.52. The van der Waals surface area contributed by atoms with Crippen molar-refractivity contribution in [3.05, 3.63) is 98.2 Å². The molecule has 0 radical (unpaired) electrons. The zero-order valence-electron chi connectivity index (χ0n) is 16.5. The number of nitrogens with zero attached hydrogens (tertiary/aromatic N) is 1. The third-order valence-corrected chi connectivity index (χ3v) is 8.03. The fraction of sp³-hybridized carbons (Fsp3) is 0.174. The maximum Gasteiger partial charge on any atom is 0.266 e. The summed E-state index contributed by atoms with van der Waals surface area (Å²) in [6.07, 6.45) is -0.0939. The molecule has 1 heterocycles. The molecule has 0 aromatic heterocycles. The van der Waals surface area contributed by atoms with E-state index in [0.29, 0.717) is 16.1 Å². The number of sulfonamides is 1. The Morgan fingerprint density at radius 1 is 1.03 bits per heavy atom. The first kappa shape index (κ1) is 22.0. The quantitative estimate of drug-likeness (QED) is 0.459. The van der Waals surface area contributed by atoms with E-state index in [9.17, 15) is 17.6 Å². The van der Waals surface area contributed by atoms with Crippen LogP contribution in [0.25, 0.3) is 0 Å². The molecule has 4 rings (SSSR count). The van der Waals surface area contributed by atoms with Crippen LogP contribution in [0, 0.1) is 12.7 Å². The standard InChI is InChI=1S/C23H18BrClFNO3S/c1-14-2-6-18(7-3-14)31(29,30)27-13-21(20-12-17(26)5-9-22(20)25)19-8-4-16(24)10-15(19)11-23(27)28/h2-10,12,21H,11,13H2,1H3. The minimum atomic E-state index is -4.11. The molecule has 0 saturated carbocycles. The lowest BCUT2D eigenvalue weighted by atomic mass is 9.88. The van der Waals surface area contributed by atoms with Gasteiger partial charge in [-0.2, -0.15) is 0 Å². The van der Waals surface area contributed by atoms with Crippen LogP contribution < -0.4 is 0 Å². The molecule has 4 nitrogen and oxygen atoms in total. The average Bonchev–Trinajstić information content (AvgIpc) is 2.86. The molecule has 0 spiro atoms. The summed E-state index contributed by atoms with van der Waals surface area (Å²) < 4.78 is 42.5. The van der Waals surface area contributed by atoms with Gasteiger partial charge < -0.3 is 0 Å². The van der Waals surface area contributed by atoms with Gasteiger partial charge >= 0.3 is 0 Å². The highest BCUT2D eigenvalue weighted by atomic mass is 79.9. The zero-order chi connectivity index (χ0) is 22.3. The Kier molecular flexibility index (Phi) is 5.94. The molecule has 0 saturated heterocycles. The molecule has 1 amide bonds. The van der Waals surface area contributed by atoms with Crippen molar-refractivity contribution in [3.8, 4) is 0 Å². The summed E-state index contributed by atoms with van der Waals surface area (Å²) in [5, 5.41) is 0.308. The Balaban J connectivity index is 1.88. The predicted octanol–water partition coefficient (Wildman–Crippen LogP) is 5.46. The van der Waals surface area contributed by atoms with E-state index in [-0.39, 0.29) is 17.9 Å². The number of hydrogen-bond donors (Lipinski definition) is 0. The van der Waals surface area contributed by atoms with E-state index in [1.807, 2.05) is 19.1 Å². The number of aryl methyl sites for hydroxylation is 1. The molecule has 0 bridgehead atoms. The van der Waals surface area contributed by atoms with E-state index < -0.39 is 27.7 Å². The number of carbonyl (C=O) groups excluding carboxylic acids is 1. The minimum Gasteiger partial charge on any atom is -0.273 e. The highest BCUT2D eigenvalue weighted by molar-refractivity contribution is 9.10. The van der Waals surface area contributed by atoms with Gasteiger partial charge in [-0.05, 0) is 66.1 Å². The van der Waals surface area contributed by atoms with Gasteiger partial charge in [0, 0.05) is 22.0 Å². The molecule has 0 N–H and O–H groups in total. The minimum absolute atomic E-state index is 0.0303. The second-order valence-electron chi connectivity index (χ2n) is 7.48. The molecular weight excluding hydrogens is 505 g/mol. The normalized spacial score (nSPS) is 16.7. The SMILES string of the molecule is Cc1ccc(S(=O)(=O)N2CC(c3cc(F)ccc3Cl)c3ccc(Br)cc3CC2=O)cc1. The number of amides is 1. The Bertz CT molecular complexity index is 1280. The first-order chi connectivity index (χ1) is 14.7. The highest BCUT2D eigenvalue weighted by Gasteiger charge is 2.37. The van der Waals surface area contributed by atoms with Crippen molar-refractivity contribution >= 4 is 43.5 Å². The third kappa shape index (κ3) is 4.27. The van der Waals surface area contributed by atoms with Crippen molar-refractivity contribution in [3.63, 3.8) is 0 Å². The molecule has 0 aliphatic carbocycles. The number of fused-ring (bicyclic) bond motifs is 1. The van der Waals surface area contributed by atoms with E-state index in [2.05, 4.69) is 15.9 Å². The summed E-state index contributed by atoms with van der Waals surface area (Å²) in [5.41, 5.74) is 2.75. The van der Waals surface area contributed by atoms with Gasteiger partial charge in [0.15, 0.2) is 0 Å². The van der Waals surface area contributed by atoms with Gasteiger partial charge in [0.1, 0.15) is 5.82 Å². The fourth-order valence-electron chi connectivity index (χ4n) is 3.80. The second-order valence-corrected chi connectivity index (χ2v) is 10.7. The van der Waals surface area contributed by atoms with E-state index >= 15 is 0 Å². The summed E-state index contributed by atoms with van der Waals surface area (Å²) in [7, 11) is -4.11. The van der Waals surface area contributed by atoms with Gasteiger partial charge in [0.2, 0.25) is 5.91 Å². The molecule has 1 atom stereocenters. The van der Waals surface area contributed by atoms with Crippen LogP contribution in [0.1, 0.15) is 28.2 Å². The number of hydrogen-bond acceptors (Lipinski definition) is 3. The Morgan fingerprint density at radius 3 is 2.45 bits per heavy atom. The monoisotopic (exact) mass is 521 g/mol. The summed E-state index contributed by atoms with van der Waals surface area (Å²) in [6.45, 7) is 1.68. The number of benzene rings is 3. The van der Waals surface area contributed by atoms with Gasteiger partial charge in [-0.25, -0.2) is 17.1 Å². The van der Waals surface area contributed by atoms with Gasteiger partial charge in [0.05, 0.1) is 11.3 Å². The van der Waals surface area contributed by atoms with Gasteiger partial charge in [-0.15, -0.1) is 0 Å². The predicted molar refractivity (Wildman–Crippen MR) is 121 cm³/mol. The molecular formula is C23H18BrClFNO3S. The molecule has 1 unspecified atom stereocenters. The molecule has 0 fully saturated rings. The van der Waals surface area contributed by atoms with Gasteiger partial charge in [-0.1, -0.05) is 51.3 Å². The highest BCUT2D eigenvalue weighted by Crippen LogP contribution is 2.38. The molecule has 160 valence electrons. The number of carbonyl (C=O) groups is 1. The van der Waals surface area contributed by atoms with E-state index in [1.54, 1.807) is 18.2 Å². The van der Waals surface area contributed by atoms with Crippen LogP contribution in [0.5, 0.6) is 0 Å². The van der Waals surface area contributed by atoms with Crippen LogP contribution in [-0.2, 0) is 21.2 Å². The molecule has 3 aromatic rings. The van der Waals surface area contributed by atoms with Crippen molar-refractivity contribution in [1.82, 2.24) is 4.31 Å². The lowest BCUT2D eigenvalue weighted by Crippen LogP contribution is -2.39.